The molecule has 288 valence electrons. The van der Waals surface area contributed by atoms with Crippen LogP contribution in [0.2, 0.25) is 0 Å². The molecule has 2 aliphatic carbocycles. The maximum atomic E-state index is 14.4. The molecule has 10 heteroatoms. The fourth-order valence-electron chi connectivity index (χ4n) is 9.25. The minimum atomic E-state index is -1.00. The molecule has 0 unspecified atom stereocenters. The van der Waals surface area contributed by atoms with E-state index in [1.165, 1.54) is 24.3 Å². The Balaban J connectivity index is 0.000000150. The third-order valence-electron chi connectivity index (χ3n) is 12.1. The maximum absolute atomic E-state index is 14.4. The summed E-state index contributed by atoms with van der Waals surface area (Å²) in [5.74, 6) is -3.04. The van der Waals surface area contributed by atoms with Crippen molar-refractivity contribution < 1.29 is 38.2 Å². The Kier molecular flexibility index (Phi) is 8.80. The van der Waals surface area contributed by atoms with Gasteiger partial charge in [0.25, 0.3) is 0 Å². The zero-order valence-corrected chi connectivity index (χ0v) is 31.0. The molecule has 0 aromatic heterocycles. The van der Waals surface area contributed by atoms with E-state index in [4.69, 9.17) is 0 Å². The SMILES string of the molecule is O=C(O)c1cccc(CN2C(=O)[C@@]3(C[C@@H]3c3ccccc3F)c3ccccc32)c1.O=C(O)c1cccc(CN2C(=O)[C@]3(C[C@H]3c3ccccc3F)c3ccccc32)c1. The minimum Gasteiger partial charge on any atom is -0.478 e. The van der Waals surface area contributed by atoms with Crippen LogP contribution >= 0.6 is 0 Å². The Bertz CT molecular complexity index is 2500. The van der Waals surface area contributed by atoms with Gasteiger partial charge in [-0.05, 0) is 94.8 Å². The topological polar surface area (TPSA) is 115 Å². The highest BCUT2D eigenvalue weighted by atomic mass is 19.1. The predicted octanol–water partition coefficient (Wildman–Crippen LogP) is 8.99. The third kappa shape index (κ3) is 5.86. The molecule has 2 N–H and O–H groups in total. The van der Waals surface area contributed by atoms with E-state index in [0.29, 0.717) is 24.0 Å². The van der Waals surface area contributed by atoms with Crippen molar-refractivity contribution in [3.63, 3.8) is 0 Å². The van der Waals surface area contributed by atoms with Gasteiger partial charge in [0.2, 0.25) is 11.8 Å². The van der Waals surface area contributed by atoms with Crippen molar-refractivity contribution >= 4 is 35.1 Å². The lowest BCUT2D eigenvalue weighted by Gasteiger charge is -2.19. The number of hydrogen-bond donors (Lipinski definition) is 2. The number of carboxylic acid groups (broad SMARTS) is 2. The summed E-state index contributed by atoms with van der Waals surface area (Å²) in [5, 5.41) is 18.5. The van der Waals surface area contributed by atoms with Crippen molar-refractivity contribution in [1.82, 2.24) is 0 Å². The van der Waals surface area contributed by atoms with Crippen molar-refractivity contribution in [2.45, 2.75) is 48.6 Å². The molecule has 0 saturated heterocycles. The van der Waals surface area contributed by atoms with Crippen molar-refractivity contribution in [1.29, 1.82) is 0 Å². The van der Waals surface area contributed by atoms with Gasteiger partial charge in [-0.2, -0.15) is 0 Å². The number of fused-ring (bicyclic) bond motifs is 4. The summed E-state index contributed by atoms with van der Waals surface area (Å²) in [6, 6.07) is 41.8. The molecule has 2 fully saturated rings. The van der Waals surface area contributed by atoms with Gasteiger partial charge in [0, 0.05) is 23.2 Å². The van der Waals surface area contributed by atoms with E-state index in [1.807, 2.05) is 60.7 Å². The predicted molar refractivity (Wildman–Crippen MR) is 213 cm³/mol. The van der Waals surface area contributed by atoms with Crippen molar-refractivity contribution in [3.05, 3.63) is 202 Å². The normalized spacial score (nSPS) is 22.0. The van der Waals surface area contributed by atoms with Gasteiger partial charge in [-0.15, -0.1) is 0 Å². The molecule has 58 heavy (non-hydrogen) atoms. The van der Waals surface area contributed by atoms with Gasteiger partial charge in [-0.25, -0.2) is 18.4 Å². The molecule has 10 rings (SSSR count). The number of halogens is 2. The fourth-order valence-corrected chi connectivity index (χ4v) is 9.25. The van der Waals surface area contributed by atoms with Gasteiger partial charge in [0.05, 0.1) is 35.0 Å². The summed E-state index contributed by atoms with van der Waals surface area (Å²) in [6.45, 7) is 0.561. The Labute approximate surface area is 332 Å². The second kappa shape index (κ2) is 13.9. The van der Waals surface area contributed by atoms with Crippen LogP contribution in [0.3, 0.4) is 0 Å². The first-order valence-electron chi connectivity index (χ1n) is 19.0. The zero-order valence-electron chi connectivity index (χ0n) is 31.0. The lowest BCUT2D eigenvalue weighted by Crippen LogP contribution is -2.32. The van der Waals surface area contributed by atoms with Gasteiger partial charge in [-0.1, -0.05) is 97.1 Å². The highest BCUT2D eigenvalue weighted by Crippen LogP contribution is 2.68. The summed E-state index contributed by atoms with van der Waals surface area (Å²) in [5.41, 5.74) is 5.03. The van der Waals surface area contributed by atoms with Gasteiger partial charge in [-0.3, -0.25) is 9.59 Å². The molecular formula is C48H36F2N2O6. The summed E-state index contributed by atoms with van der Waals surface area (Å²) in [7, 11) is 0. The fraction of sp³-hybridized carbons (Fsp3) is 0.167. The number of anilines is 2. The number of rotatable bonds is 8. The Hall–Kier alpha value is -6.94. The molecule has 6 aromatic rings. The van der Waals surface area contributed by atoms with Crippen LogP contribution in [0.4, 0.5) is 20.2 Å². The Morgan fingerprint density at radius 3 is 1.31 bits per heavy atom. The molecular weight excluding hydrogens is 739 g/mol. The number of carboxylic acids is 2. The second-order valence-electron chi connectivity index (χ2n) is 15.3. The Morgan fingerprint density at radius 2 is 0.914 bits per heavy atom. The number of amides is 2. The summed E-state index contributed by atoms with van der Waals surface area (Å²) in [6.07, 6.45) is 1.16. The number of benzene rings is 6. The molecule has 6 aromatic carbocycles. The molecule has 2 heterocycles. The zero-order chi connectivity index (χ0) is 40.3. The average molecular weight is 775 g/mol. The molecule has 8 nitrogen and oxygen atoms in total. The van der Waals surface area contributed by atoms with Gasteiger partial charge in [0.15, 0.2) is 0 Å². The number of carbonyl (C=O) groups is 4. The largest absolute Gasteiger partial charge is 0.478 e. The number of carbonyl (C=O) groups excluding carboxylic acids is 2. The van der Waals surface area contributed by atoms with E-state index in [0.717, 1.165) is 33.6 Å². The summed E-state index contributed by atoms with van der Waals surface area (Å²) in [4.78, 5) is 53.1. The van der Waals surface area contributed by atoms with Gasteiger partial charge >= 0.3 is 11.9 Å². The summed E-state index contributed by atoms with van der Waals surface area (Å²) < 4.78 is 28.8. The van der Waals surface area contributed by atoms with E-state index in [9.17, 15) is 38.2 Å². The number of nitrogens with zero attached hydrogens (tertiary/aromatic N) is 2. The number of hydrogen-bond acceptors (Lipinski definition) is 4. The van der Waals surface area contributed by atoms with Crippen LogP contribution < -0.4 is 9.80 Å². The van der Waals surface area contributed by atoms with Crippen LogP contribution in [-0.2, 0) is 33.5 Å². The van der Waals surface area contributed by atoms with E-state index in [-0.39, 0.29) is 59.5 Å². The molecule has 2 saturated carbocycles. The monoisotopic (exact) mass is 774 g/mol. The molecule has 2 spiro atoms. The molecule has 0 bridgehead atoms. The first kappa shape index (κ1) is 36.7. The van der Waals surface area contributed by atoms with E-state index in [2.05, 4.69) is 0 Å². The van der Waals surface area contributed by atoms with Crippen LogP contribution in [-0.4, -0.2) is 34.0 Å². The molecule has 2 aliphatic heterocycles. The maximum Gasteiger partial charge on any atom is 0.335 e. The molecule has 4 aliphatic rings. The highest BCUT2D eigenvalue weighted by molar-refractivity contribution is 6.12. The lowest BCUT2D eigenvalue weighted by molar-refractivity contribution is -0.121. The Morgan fingerprint density at radius 1 is 0.534 bits per heavy atom. The number of para-hydroxylation sites is 2. The van der Waals surface area contributed by atoms with E-state index < -0.39 is 22.8 Å². The van der Waals surface area contributed by atoms with E-state index >= 15 is 0 Å². The average Bonchev–Trinajstić information content (AvgIpc) is 4.14. The quantitative estimate of drug-likeness (QED) is 0.160. The standard InChI is InChI=1S/2C24H18FNO3/c2*25-20-10-3-1-8-17(20)19-13-24(19)18-9-2-4-11-21(18)26(23(24)29)14-15-6-5-7-16(12-15)22(27)28/h2*1-12,19H,13-14H2,(H,27,28)/t2*19-,24+/m10/s1. The molecule has 0 radical (unpaired) electrons. The second-order valence-corrected chi connectivity index (χ2v) is 15.3. The van der Waals surface area contributed by atoms with Crippen LogP contribution in [0.1, 0.15) is 78.8 Å². The molecule has 2 amide bonds. The van der Waals surface area contributed by atoms with Crippen LogP contribution in [0.5, 0.6) is 0 Å². The lowest BCUT2D eigenvalue weighted by atomic mass is 9.92. The van der Waals surface area contributed by atoms with Crippen LogP contribution in [0, 0.1) is 11.6 Å². The van der Waals surface area contributed by atoms with Crippen LogP contribution in [0.25, 0.3) is 0 Å². The minimum absolute atomic E-state index is 0.0484. The third-order valence-corrected chi connectivity index (χ3v) is 12.1. The summed E-state index contributed by atoms with van der Waals surface area (Å²) >= 11 is 0. The van der Waals surface area contributed by atoms with Crippen molar-refractivity contribution in [2.24, 2.45) is 0 Å². The van der Waals surface area contributed by atoms with Crippen molar-refractivity contribution in [2.75, 3.05) is 9.80 Å². The van der Waals surface area contributed by atoms with Crippen LogP contribution in [0.15, 0.2) is 146 Å². The smallest absolute Gasteiger partial charge is 0.335 e. The molecule has 4 atom stereocenters. The van der Waals surface area contributed by atoms with E-state index in [1.54, 1.807) is 70.5 Å². The number of aromatic carboxylic acids is 2. The van der Waals surface area contributed by atoms with Gasteiger partial charge < -0.3 is 20.0 Å². The van der Waals surface area contributed by atoms with Gasteiger partial charge in [0.1, 0.15) is 11.6 Å². The first-order chi connectivity index (χ1) is 28.0. The highest BCUT2D eigenvalue weighted by Gasteiger charge is 2.68. The van der Waals surface area contributed by atoms with Crippen molar-refractivity contribution in [3.8, 4) is 0 Å². The first-order valence-corrected chi connectivity index (χ1v) is 19.0.